The molecule has 0 aliphatic heterocycles. The minimum atomic E-state index is -4.59. The van der Waals surface area contributed by atoms with E-state index in [9.17, 15) is 17.6 Å². The fraction of sp³-hybridized carbons (Fsp3) is 0.214. The van der Waals surface area contributed by atoms with Gasteiger partial charge in [0.2, 0.25) is 0 Å². The Bertz CT molecular complexity index is 618. The molecule has 0 fully saturated rings. The summed E-state index contributed by atoms with van der Waals surface area (Å²) in [7, 11) is 0. The van der Waals surface area contributed by atoms with Crippen molar-refractivity contribution in [3.63, 3.8) is 0 Å². The summed E-state index contributed by atoms with van der Waals surface area (Å²) in [6.07, 6.45) is 3.09. The van der Waals surface area contributed by atoms with Crippen molar-refractivity contribution in [3.8, 4) is 0 Å². The van der Waals surface area contributed by atoms with Crippen molar-refractivity contribution in [2.24, 2.45) is 0 Å². The van der Waals surface area contributed by atoms with Gasteiger partial charge in [-0.15, -0.1) is 0 Å². The van der Waals surface area contributed by atoms with E-state index in [0.717, 1.165) is 17.0 Å². The molecular weight excluding hydrogens is 272 g/mol. The van der Waals surface area contributed by atoms with Crippen LogP contribution in [0.25, 0.3) is 5.57 Å². The minimum absolute atomic E-state index is 0.0862. The van der Waals surface area contributed by atoms with Gasteiger partial charge in [-0.05, 0) is 24.6 Å². The SMILES string of the molecule is C=C(C)c1cnn(C2C=CC=CC(F)=C2)c1C(F)(F)F. The second-order valence-electron chi connectivity index (χ2n) is 4.42. The first-order chi connectivity index (χ1) is 9.30. The summed E-state index contributed by atoms with van der Waals surface area (Å²) in [6.45, 7) is 4.99. The molecule has 0 radical (unpaired) electrons. The Hall–Kier alpha value is -2.11. The summed E-state index contributed by atoms with van der Waals surface area (Å²) in [5.74, 6) is -0.611. The number of rotatable bonds is 2. The number of allylic oxidation sites excluding steroid dienone is 7. The molecule has 0 amide bonds. The summed E-state index contributed by atoms with van der Waals surface area (Å²) in [5, 5.41) is 3.75. The summed E-state index contributed by atoms with van der Waals surface area (Å²) < 4.78 is 53.7. The van der Waals surface area contributed by atoms with Crippen LogP contribution in [0.1, 0.15) is 24.2 Å². The molecule has 1 aromatic rings. The molecule has 2 rings (SSSR count). The van der Waals surface area contributed by atoms with E-state index in [0.29, 0.717) is 0 Å². The lowest BCUT2D eigenvalue weighted by Gasteiger charge is -2.16. The number of nitrogens with zero attached hydrogens (tertiary/aromatic N) is 2. The lowest BCUT2D eigenvalue weighted by Crippen LogP contribution is -2.19. The predicted molar refractivity (Wildman–Crippen MR) is 68.4 cm³/mol. The van der Waals surface area contributed by atoms with E-state index in [4.69, 9.17) is 0 Å². The van der Waals surface area contributed by atoms with E-state index in [-0.39, 0.29) is 11.1 Å². The Morgan fingerprint density at radius 1 is 1.35 bits per heavy atom. The molecular formula is C14H12F4N2. The van der Waals surface area contributed by atoms with Crippen molar-refractivity contribution in [1.29, 1.82) is 0 Å². The standard InChI is InChI=1S/C14H12F4N2/c1-9(2)12-8-19-20(13(12)14(16,17)18)11-6-4-3-5-10(15)7-11/h3-8,11H,1H2,2H3. The van der Waals surface area contributed by atoms with Crippen molar-refractivity contribution in [2.75, 3.05) is 0 Å². The smallest absolute Gasteiger partial charge is 0.249 e. The van der Waals surface area contributed by atoms with E-state index in [1.807, 2.05) is 0 Å². The normalized spacial score (nSPS) is 18.9. The molecule has 20 heavy (non-hydrogen) atoms. The summed E-state index contributed by atoms with van der Waals surface area (Å²) in [4.78, 5) is 0. The average molecular weight is 284 g/mol. The molecule has 1 aliphatic carbocycles. The van der Waals surface area contributed by atoms with Crippen molar-refractivity contribution in [1.82, 2.24) is 9.78 Å². The van der Waals surface area contributed by atoms with Crippen LogP contribution in [0.5, 0.6) is 0 Å². The second kappa shape index (κ2) is 5.11. The van der Waals surface area contributed by atoms with Crippen molar-refractivity contribution in [3.05, 3.63) is 60.2 Å². The van der Waals surface area contributed by atoms with Gasteiger partial charge in [0.25, 0.3) is 0 Å². The van der Waals surface area contributed by atoms with E-state index in [1.54, 1.807) is 0 Å². The Morgan fingerprint density at radius 2 is 2.05 bits per heavy atom. The monoisotopic (exact) mass is 284 g/mol. The fourth-order valence-corrected chi connectivity index (χ4v) is 1.94. The van der Waals surface area contributed by atoms with Gasteiger partial charge in [-0.1, -0.05) is 24.8 Å². The zero-order valence-corrected chi connectivity index (χ0v) is 10.7. The van der Waals surface area contributed by atoms with Crippen LogP contribution in [0.2, 0.25) is 0 Å². The van der Waals surface area contributed by atoms with E-state index >= 15 is 0 Å². The Labute approximate surface area is 113 Å². The Balaban J connectivity index is 2.58. The lowest BCUT2D eigenvalue weighted by atomic mass is 10.1. The van der Waals surface area contributed by atoms with Crippen LogP contribution in [0.3, 0.4) is 0 Å². The first-order valence-electron chi connectivity index (χ1n) is 5.83. The maximum atomic E-state index is 13.4. The largest absolute Gasteiger partial charge is 0.433 e. The highest BCUT2D eigenvalue weighted by molar-refractivity contribution is 5.63. The van der Waals surface area contributed by atoms with E-state index < -0.39 is 23.7 Å². The van der Waals surface area contributed by atoms with Gasteiger partial charge in [0.05, 0.1) is 12.2 Å². The van der Waals surface area contributed by atoms with Crippen LogP contribution < -0.4 is 0 Å². The van der Waals surface area contributed by atoms with Gasteiger partial charge >= 0.3 is 6.18 Å². The quantitative estimate of drug-likeness (QED) is 0.733. The topological polar surface area (TPSA) is 17.8 Å². The van der Waals surface area contributed by atoms with Gasteiger partial charge in [-0.25, -0.2) is 9.07 Å². The van der Waals surface area contributed by atoms with Gasteiger partial charge in [-0.3, -0.25) is 0 Å². The highest BCUT2D eigenvalue weighted by Crippen LogP contribution is 2.36. The van der Waals surface area contributed by atoms with Crippen LogP contribution in [0, 0.1) is 0 Å². The molecule has 1 heterocycles. The second-order valence-corrected chi connectivity index (χ2v) is 4.42. The van der Waals surface area contributed by atoms with Crippen LogP contribution in [0.15, 0.2) is 49.0 Å². The van der Waals surface area contributed by atoms with Gasteiger partial charge in [0.15, 0.2) is 5.69 Å². The highest BCUT2D eigenvalue weighted by Gasteiger charge is 2.39. The third-order valence-electron chi connectivity index (χ3n) is 2.81. The van der Waals surface area contributed by atoms with Crippen LogP contribution in [0.4, 0.5) is 17.6 Å². The van der Waals surface area contributed by atoms with Gasteiger partial charge in [-0.2, -0.15) is 18.3 Å². The van der Waals surface area contributed by atoms with Gasteiger partial charge in [0.1, 0.15) is 5.83 Å². The number of aromatic nitrogens is 2. The van der Waals surface area contributed by atoms with Crippen LogP contribution >= 0.6 is 0 Å². The summed E-state index contributed by atoms with van der Waals surface area (Å²) >= 11 is 0. The molecule has 0 aromatic carbocycles. The molecule has 1 aliphatic rings. The zero-order chi connectivity index (χ0) is 14.9. The third-order valence-corrected chi connectivity index (χ3v) is 2.81. The van der Waals surface area contributed by atoms with Crippen LogP contribution in [-0.2, 0) is 6.18 Å². The molecule has 0 saturated carbocycles. The van der Waals surface area contributed by atoms with Gasteiger partial charge < -0.3 is 0 Å². The molecule has 1 aromatic heterocycles. The lowest BCUT2D eigenvalue weighted by molar-refractivity contribution is -0.144. The maximum Gasteiger partial charge on any atom is 0.433 e. The van der Waals surface area contributed by atoms with Crippen molar-refractivity contribution < 1.29 is 17.6 Å². The molecule has 0 N–H and O–H groups in total. The first-order valence-corrected chi connectivity index (χ1v) is 5.83. The summed E-state index contributed by atoms with van der Waals surface area (Å²) in [6, 6.07) is -0.935. The number of hydrogen-bond donors (Lipinski definition) is 0. The van der Waals surface area contributed by atoms with Crippen LogP contribution in [-0.4, -0.2) is 9.78 Å². The maximum absolute atomic E-state index is 13.4. The Morgan fingerprint density at radius 3 is 2.65 bits per heavy atom. The fourth-order valence-electron chi connectivity index (χ4n) is 1.94. The average Bonchev–Trinajstić information content (AvgIpc) is 2.67. The number of hydrogen-bond acceptors (Lipinski definition) is 1. The van der Waals surface area contributed by atoms with E-state index in [1.165, 1.54) is 31.2 Å². The highest BCUT2D eigenvalue weighted by atomic mass is 19.4. The zero-order valence-electron chi connectivity index (χ0n) is 10.7. The number of halogens is 4. The molecule has 1 atom stereocenters. The third kappa shape index (κ3) is 2.74. The Kier molecular flexibility index (Phi) is 3.65. The van der Waals surface area contributed by atoms with Gasteiger partial charge in [0, 0.05) is 5.56 Å². The summed E-state index contributed by atoms with van der Waals surface area (Å²) in [5.41, 5.74) is -0.758. The predicted octanol–water partition coefficient (Wildman–Crippen LogP) is 4.46. The molecule has 0 spiro atoms. The molecule has 0 saturated heterocycles. The molecule has 2 nitrogen and oxygen atoms in total. The van der Waals surface area contributed by atoms with E-state index in [2.05, 4.69) is 11.7 Å². The first kappa shape index (κ1) is 14.3. The molecule has 6 heteroatoms. The molecule has 0 bridgehead atoms. The minimum Gasteiger partial charge on any atom is -0.249 e. The molecule has 1 unspecified atom stereocenters. The van der Waals surface area contributed by atoms with Crippen molar-refractivity contribution in [2.45, 2.75) is 19.1 Å². The molecule has 106 valence electrons. The van der Waals surface area contributed by atoms with Crippen molar-refractivity contribution >= 4 is 5.57 Å². The number of alkyl halides is 3.